The second kappa shape index (κ2) is 8.59. The first-order valence-corrected chi connectivity index (χ1v) is 9.94. The van der Waals surface area contributed by atoms with Crippen LogP contribution < -0.4 is 5.32 Å². The Bertz CT molecular complexity index is 929. The highest BCUT2D eigenvalue weighted by Gasteiger charge is 2.19. The normalized spacial score (nSPS) is 16.2. The molecule has 5 heteroatoms. The molecule has 3 aromatic rings. The molecule has 1 fully saturated rings. The van der Waals surface area contributed by atoms with Crippen molar-refractivity contribution < 1.29 is 9.53 Å². The molecule has 0 bridgehead atoms. The van der Waals surface area contributed by atoms with Gasteiger partial charge >= 0.3 is 0 Å². The van der Waals surface area contributed by atoms with Crippen molar-refractivity contribution in [1.82, 2.24) is 14.8 Å². The van der Waals surface area contributed by atoms with Gasteiger partial charge in [-0.25, -0.2) is 0 Å². The zero-order valence-corrected chi connectivity index (χ0v) is 16.3. The Kier molecular flexibility index (Phi) is 5.74. The summed E-state index contributed by atoms with van der Waals surface area (Å²) in [5.74, 6) is -0.0205. The number of benzene rings is 2. The molecule has 0 aliphatic carbocycles. The van der Waals surface area contributed by atoms with Gasteiger partial charge in [0, 0.05) is 43.1 Å². The number of ether oxygens (including phenoxy) is 1. The van der Waals surface area contributed by atoms with E-state index in [1.165, 1.54) is 5.56 Å². The van der Waals surface area contributed by atoms with Gasteiger partial charge in [0.05, 0.1) is 13.2 Å². The number of nitrogens with zero attached hydrogens (tertiary/aromatic N) is 2. The van der Waals surface area contributed by atoms with E-state index in [-0.39, 0.29) is 11.9 Å². The van der Waals surface area contributed by atoms with Crippen LogP contribution in [0.4, 0.5) is 0 Å². The maximum atomic E-state index is 13.1. The molecule has 1 aromatic heterocycles. The molecular weight excluding hydrogens is 350 g/mol. The lowest BCUT2D eigenvalue weighted by Crippen LogP contribution is -2.46. The Hall–Kier alpha value is -2.63. The molecule has 1 atom stereocenters. The fourth-order valence-corrected chi connectivity index (χ4v) is 3.85. The second-order valence-electron chi connectivity index (χ2n) is 7.45. The van der Waals surface area contributed by atoms with Crippen LogP contribution in [0.5, 0.6) is 0 Å². The van der Waals surface area contributed by atoms with Crippen LogP contribution in [0.2, 0.25) is 0 Å². The summed E-state index contributed by atoms with van der Waals surface area (Å²) in [6, 6.07) is 20.5. The largest absolute Gasteiger partial charge is 0.379 e. The van der Waals surface area contributed by atoms with E-state index in [1.54, 1.807) is 0 Å². The highest BCUT2D eigenvalue weighted by atomic mass is 16.5. The van der Waals surface area contributed by atoms with Gasteiger partial charge in [-0.15, -0.1) is 0 Å². The van der Waals surface area contributed by atoms with Crippen molar-refractivity contribution >= 4 is 16.8 Å². The van der Waals surface area contributed by atoms with E-state index in [4.69, 9.17) is 4.74 Å². The van der Waals surface area contributed by atoms with E-state index in [1.807, 2.05) is 36.4 Å². The van der Waals surface area contributed by atoms with Crippen LogP contribution in [0.15, 0.2) is 60.7 Å². The zero-order chi connectivity index (χ0) is 19.3. The fraction of sp³-hybridized carbons (Fsp3) is 0.348. The fourth-order valence-electron chi connectivity index (χ4n) is 3.85. The maximum absolute atomic E-state index is 13.1. The number of rotatable bonds is 6. The minimum absolute atomic E-state index is 0.0205. The van der Waals surface area contributed by atoms with E-state index in [0.717, 1.165) is 43.8 Å². The van der Waals surface area contributed by atoms with Crippen LogP contribution in [0.3, 0.4) is 0 Å². The van der Waals surface area contributed by atoms with Gasteiger partial charge in [-0.1, -0.05) is 48.5 Å². The number of aromatic nitrogens is 1. The Morgan fingerprint density at radius 1 is 1.07 bits per heavy atom. The zero-order valence-electron chi connectivity index (χ0n) is 16.3. The molecule has 1 unspecified atom stereocenters. The van der Waals surface area contributed by atoms with Gasteiger partial charge in [0.25, 0.3) is 5.91 Å². The number of hydrogen-bond donors (Lipinski definition) is 1. The van der Waals surface area contributed by atoms with Gasteiger partial charge in [0.15, 0.2) is 0 Å². The predicted octanol–water partition coefficient (Wildman–Crippen LogP) is 3.14. The quantitative estimate of drug-likeness (QED) is 0.718. The molecule has 2 aromatic carbocycles. The molecule has 0 radical (unpaired) electrons. The monoisotopic (exact) mass is 377 g/mol. The van der Waals surface area contributed by atoms with Crippen molar-refractivity contribution in [3.63, 3.8) is 0 Å². The topological polar surface area (TPSA) is 46.5 Å². The van der Waals surface area contributed by atoms with E-state index in [9.17, 15) is 4.79 Å². The predicted molar refractivity (Wildman–Crippen MR) is 112 cm³/mol. The van der Waals surface area contributed by atoms with Crippen molar-refractivity contribution in [3.8, 4) is 0 Å². The lowest BCUT2D eigenvalue weighted by molar-refractivity contribution is 0.0342. The van der Waals surface area contributed by atoms with E-state index in [2.05, 4.69) is 46.0 Å². The summed E-state index contributed by atoms with van der Waals surface area (Å²) in [7, 11) is 0. The first-order chi connectivity index (χ1) is 13.7. The number of fused-ring (bicyclic) bond motifs is 1. The van der Waals surface area contributed by atoms with Crippen molar-refractivity contribution in [1.29, 1.82) is 0 Å². The molecule has 146 valence electrons. The highest BCUT2D eigenvalue weighted by molar-refractivity contribution is 5.99. The van der Waals surface area contributed by atoms with Gasteiger partial charge in [0.2, 0.25) is 0 Å². The molecule has 28 heavy (non-hydrogen) atoms. The Balaban J connectivity index is 1.54. The molecule has 4 rings (SSSR count). The van der Waals surface area contributed by atoms with Gasteiger partial charge in [0.1, 0.15) is 5.69 Å². The molecule has 1 N–H and O–H groups in total. The lowest BCUT2D eigenvalue weighted by atomic mass is 10.2. The van der Waals surface area contributed by atoms with Crippen LogP contribution >= 0.6 is 0 Å². The number of amides is 1. The molecule has 1 saturated heterocycles. The molecule has 2 heterocycles. The third-order valence-electron chi connectivity index (χ3n) is 5.24. The molecule has 5 nitrogen and oxygen atoms in total. The van der Waals surface area contributed by atoms with E-state index in [0.29, 0.717) is 12.2 Å². The first-order valence-electron chi connectivity index (χ1n) is 9.94. The summed E-state index contributed by atoms with van der Waals surface area (Å²) in [5, 5.41) is 4.28. The number of nitrogens with one attached hydrogen (secondary N) is 1. The van der Waals surface area contributed by atoms with Crippen molar-refractivity contribution in [2.75, 3.05) is 32.8 Å². The summed E-state index contributed by atoms with van der Waals surface area (Å²) >= 11 is 0. The summed E-state index contributed by atoms with van der Waals surface area (Å²) in [6.07, 6.45) is 0. The Morgan fingerprint density at radius 3 is 2.57 bits per heavy atom. The standard InChI is InChI=1S/C23H27N3O2/c1-18(16-25-11-13-28-14-12-25)24-23(27)22-15-20-9-5-6-10-21(20)26(22)17-19-7-3-2-4-8-19/h2-10,15,18H,11-14,16-17H2,1H3,(H,24,27). The first kappa shape index (κ1) is 18.7. The SMILES string of the molecule is CC(CN1CCOCC1)NC(=O)c1cc2ccccc2n1Cc1ccccc1. The number of morpholine rings is 1. The van der Waals surface area contributed by atoms with Gasteiger partial charge in [-0.2, -0.15) is 0 Å². The number of carbonyl (C=O) groups is 1. The van der Waals surface area contributed by atoms with Crippen molar-refractivity contribution in [3.05, 3.63) is 71.9 Å². The number of hydrogen-bond acceptors (Lipinski definition) is 3. The molecule has 0 spiro atoms. The second-order valence-corrected chi connectivity index (χ2v) is 7.45. The third kappa shape index (κ3) is 4.26. The van der Waals surface area contributed by atoms with Crippen LogP contribution in [0.25, 0.3) is 10.9 Å². The van der Waals surface area contributed by atoms with Gasteiger partial charge in [-0.05, 0) is 24.6 Å². The van der Waals surface area contributed by atoms with Crippen LogP contribution in [-0.4, -0.2) is 54.3 Å². The van der Waals surface area contributed by atoms with E-state index >= 15 is 0 Å². The van der Waals surface area contributed by atoms with Crippen LogP contribution in [-0.2, 0) is 11.3 Å². The summed E-state index contributed by atoms with van der Waals surface area (Å²) in [4.78, 5) is 15.4. The van der Waals surface area contributed by atoms with Crippen molar-refractivity contribution in [2.24, 2.45) is 0 Å². The van der Waals surface area contributed by atoms with Crippen LogP contribution in [0.1, 0.15) is 23.0 Å². The van der Waals surface area contributed by atoms with Crippen molar-refractivity contribution in [2.45, 2.75) is 19.5 Å². The molecular formula is C23H27N3O2. The van der Waals surface area contributed by atoms with E-state index < -0.39 is 0 Å². The average Bonchev–Trinajstić information content (AvgIpc) is 3.08. The summed E-state index contributed by atoms with van der Waals surface area (Å²) in [6.45, 7) is 6.97. The number of para-hydroxylation sites is 1. The highest BCUT2D eigenvalue weighted by Crippen LogP contribution is 2.21. The molecule has 1 aliphatic rings. The summed E-state index contributed by atoms with van der Waals surface area (Å²) < 4.78 is 7.52. The molecule has 1 aliphatic heterocycles. The van der Waals surface area contributed by atoms with Crippen LogP contribution in [0, 0.1) is 0 Å². The Morgan fingerprint density at radius 2 is 1.79 bits per heavy atom. The molecule has 0 saturated carbocycles. The number of carbonyl (C=O) groups excluding carboxylic acids is 1. The average molecular weight is 377 g/mol. The minimum atomic E-state index is -0.0205. The third-order valence-corrected chi connectivity index (χ3v) is 5.24. The maximum Gasteiger partial charge on any atom is 0.268 e. The Labute approximate surface area is 165 Å². The smallest absolute Gasteiger partial charge is 0.268 e. The minimum Gasteiger partial charge on any atom is -0.379 e. The lowest BCUT2D eigenvalue weighted by Gasteiger charge is -2.29. The molecule has 1 amide bonds. The van der Waals surface area contributed by atoms with Gasteiger partial charge in [-0.3, -0.25) is 9.69 Å². The van der Waals surface area contributed by atoms with Gasteiger partial charge < -0.3 is 14.6 Å². The summed E-state index contributed by atoms with van der Waals surface area (Å²) in [5.41, 5.74) is 2.97.